The number of hydrogen-bond acceptors (Lipinski definition) is 1. The van der Waals surface area contributed by atoms with Crippen molar-refractivity contribution in [3.8, 4) is 0 Å². The van der Waals surface area contributed by atoms with E-state index < -0.39 is 0 Å². The van der Waals surface area contributed by atoms with E-state index in [9.17, 15) is 4.79 Å². The van der Waals surface area contributed by atoms with Gasteiger partial charge in [0.25, 0.3) is 0 Å². The number of carbonyl (C=O) groups excluding carboxylic acids is 1. The number of unbranched alkanes of at least 4 members (excludes halogenated alkanes) is 12. The average Bonchev–Trinajstić information content (AvgIpc) is 2.70. The Labute approximate surface area is 188 Å². The minimum Gasteiger partial charge on any atom is -0.352 e. The van der Waals surface area contributed by atoms with Crippen LogP contribution in [0.2, 0.25) is 0 Å². The minimum absolute atomic E-state index is 0.0205. The molecule has 0 aromatic rings. The molecule has 1 amide bonds. The third kappa shape index (κ3) is 19.9. The molecule has 0 fully saturated rings. The summed E-state index contributed by atoms with van der Waals surface area (Å²) in [5.74, 6) is -0.0205. The summed E-state index contributed by atoms with van der Waals surface area (Å²) in [6.07, 6.45) is 25.0. The standard InChI is InChI=1S/C27H50N2O/c1-6-7-8-9-10-11-12-13-14-15-16-17-18-19-20-21-24-29(4,5)25-22-23-28-27(30)26(2)3/h6-8H,1-2,9-25H2,3-5H3/p+1/b8-7+. The van der Waals surface area contributed by atoms with E-state index in [1.165, 1.54) is 90.0 Å². The maximum atomic E-state index is 11.5. The monoisotopic (exact) mass is 419 g/mol. The van der Waals surface area contributed by atoms with Crippen LogP contribution < -0.4 is 5.32 Å². The van der Waals surface area contributed by atoms with Crippen LogP contribution in [0.3, 0.4) is 0 Å². The highest BCUT2D eigenvalue weighted by molar-refractivity contribution is 5.91. The van der Waals surface area contributed by atoms with Crippen molar-refractivity contribution in [3.05, 3.63) is 37.0 Å². The number of amides is 1. The number of allylic oxidation sites excluding steroid dienone is 3. The first-order chi connectivity index (χ1) is 14.4. The zero-order chi connectivity index (χ0) is 22.5. The van der Waals surface area contributed by atoms with Gasteiger partial charge in [-0.25, -0.2) is 0 Å². The molecule has 0 rings (SSSR count). The fraction of sp³-hybridized carbons (Fsp3) is 0.741. The summed E-state index contributed by atoms with van der Waals surface area (Å²) in [6.45, 7) is 12.2. The maximum absolute atomic E-state index is 11.5. The van der Waals surface area contributed by atoms with E-state index >= 15 is 0 Å². The number of carbonyl (C=O) groups is 1. The zero-order valence-electron chi connectivity index (χ0n) is 20.5. The van der Waals surface area contributed by atoms with Gasteiger partial charge in [0.15, 0.2) is 0 Å². The zero-order valence-corrected chi connectivity index (χ0v) is 20.5. The second-order valence-corrected chi connectivity index (χ2v) is 9.47. The lowest BCUT2D eigenvalue weighted by atomic mass is 10.0. The molecule has 0 saturated heterocycles. The third-order valence-corrected chi connectivity index (χ3v) is 5.77. The lowest BCUT2D eigenvalue weighted by molar-refractivity contribution is -0.890. The topological polar surface area (TPSA) is 29.1 Å². The summed E-state index contributed by atoms with van der Waals surface area (Å²) in [6, 6.07) is 0. The SMILES string of the molecule is C=C/C=C/CCCCCCCCCCCCCC[N+](C)(C)CCCNC(=O)C(=C)C. The van der Waals surface area contributed by atoms with E-state index in [1.54, 1.807) is 6.92 Å². The molecule has 0 bridgehead atoms. The van der Waals surface area contributed by atoms with E-state index in [4.69, 9.17) is 0 Å². The van der Waals surface area contributed by atoms with Crippen LogP contribution in [-0.2, 0) is 4.79 Å². The molecule has 0 aromatic heterocycles. The molecule has 0 aliphatic heterocycles. The van der Waals surface area contributed by atoms with Crippen molar-refractivity contribution in [1.82, 2.24) is 5.32 Å². The summed E-state index contributed by atoms with van der Waals surface area (Å²) in [7, 11) is 4.61. The van der Waals surface area contributed by atoms with Gasteiger partial charge in [-0.05, 0) is 32.6 Å². The normalized spacial score (nSPS) is 11.7. The van der Waals surface area contributed by atoms with Crippen molar-refractivity contribution in [1.29, 1.82) is 0 Å². The molecule has 0 spiro atoms. The molecule has 174 valence electrons. The Morgan fingerprint density at radius 2 is 1.27 bits per heavy atom. The fourth-order valence-corrected chi connectivity index (χ4v) is 3.73. The lowest BCUT2D eigenvalue weighted by Gasteiger charge is -2.30. The summed E-state index contributed by atoms with van der Waals surface area (Å²) < 4.78 is 1.05. The van der Waals surface area contributed by atoms with Crippen molar-refractivity contribution >= 4 is 5.91 Å². The first-order valence-electron chi connectivity index (χ1n) is 12.4. The van der Waals surface area contributed by atoms with Crippen molar-refractivity contribution in [2.24, 2.45) is 0 Å². The Hall–Kier alpha value is -1.35. The van der Waals surface area contributed by atoms with Gasteiger partial charge in [0.05, 0.1) is 27.2 Å². The molecule has 30 heavy (non-hydrogen) atoms. The quantitative estimate of drug-likeness (QED) is 0.0926. The van der Waals surface area contributed by atoms with E-state index in [-0.39, 0.29) is 5.91 Å². The highest BCUT2D eigenvalue weighted by Gasteiger charge is 2.14. The summed E-state index contributed by atoms with van der Waals surface area (Å²) in [5.41, 5.74) is 0.590. The molecule has 0 unspecified atom stereocenters. The van der Waals surface area contributed by atoms with Crippen LogP contribution in [0.1, 0.15) is 96.8 Å². The van der Waals surface area contributed by atoms with E-state index in [0.717, 1.165) is 24.0 Å². The van der Waals surface area contributed by atoms with Crippen LogP contribution in [0, 0.1) is 0 Å². The van der Waals surface area contributed by atoms with E-state index in [2.05, 4.69) is 44.7 Å². The smallest absolute Gasteiger partial charge is 0.246 e. The second-order valence-electron chi connectivity index (χ2n) is 9.47. The number of nitrogens with zero attached hydrogens (tertiary/aromatic N) is 1. The largest absolute Gasteiger partial charge is 0.352 e. The summed E-state index contributed by atoms with van der Waals surface area (Å²) in [4.78, 5) is 11.5. The van der Waals surface area contributed by atoms with Crippen molar-refractivity contribution < 1.29 is 9.28 Å². The van der Waals surface area contributed by atoms with E-state index in [1.807, 2.05) is 6.08 Å². The Morgan fingerprint density at radius 3 is 1.77 bits per heavy atom. The Morgan fingerprint density at radius 1 is 0.800 bits per heavy atom. The van der Waals surface area contributed by atoms with Gasteiger partial charge >= 0.3 is 0 Å². The number of hydrogen-bond donors (Lipinski definition) is 1. The molecule has 0 saturated carbocycles. The van der Waals surface area contributed by atoms with Gasteiger partial charge in [0.1, 0.15) is 0 Å². The van der Waals surface area contributed by atoms with Gasteiger partial charge in [-0.15, -0.1) is 0 Å². The molecule has 0 radical (unpaired) electrons. The highest BCUT2D eigenvalue weighted by Crippen LogP contribution is 2.13. The van der Waals surface area contributed by atoms with Gasteiger partial charge < -0.3 is 9.80 Å². The molecule has 0 aromatic carbocycles. The Balaban J connectivity index is 3.37. The van der Waals surface area contributed by atoms with Gasteiger partial charge in [0.2, 0.25) is 5.91 Å². The van der Waals surface area contributed by atoms with Crippen molar-refractivity contribution in [3.63, 3.8) is 0 Å². The van der Waals surface area contributed by atoms with E-state index in [0.29, 0.717) is 5.57 Å². The summed E-state index contributed by atoms with van der Waals surface area (Å²) >= 11 is 0. The van der Waals surface area contributed by atoms with Gasteiger partial charge in [-0.1, -0.05) is 89.2 Å². The molecule has 0 aliphatic rings. The summed E-state index contributed by atoms with van der Waals surface area (Å²) in [5, 5.41) is 2.92. The van der Waals surface area contributed by atoms with Crippen LogP contribution >= 0.6 is 0 Å². The maximum Gasteiger partial charge on any atom is 0.246 e. The minimum atomic E-state index is -0.0205. The highest BCUT2D eigenvalue weighted by atomic mass is 16.1. The molecule has 0 heterocycles. The first-order valence-corrected chi connectivity index (χ1v) is 12.4. The van der Waals surface area contributed by atoms with Crippen molar-refractivity contribution in [2.75, 3.05) is 33.7 Å². The van der Waals surface area contributed by atoms with Gasteiger partial charge in [-0.2, -0.15) is 0 Å². The fourth-order valence-electron chi connectivity index (χ4n) is 3.73. The molecule has 0 atom stereocenters. The van der Waals surface area contributed by atoms with Gasteiger partial charge in [-0.3, -0.25) is 4.79 Å². The molecule has 0 aliphatic carbocycles. The lowest BCUT2D eigenvalue weighted by Crippen LogP contribution is -2.42. The predicted molar refractivity (Wildman–Crippen MR) is 134 cm³/mol. The molecular weight excluding hydrogens is 368 g/mol. The number of rotatable bonds is 21. The third-order valence-electron chi connectivity index (χ3n) is 5.77. The first kappa shape index (κ1) is 28.6. The van der Waals surface area contributed by atoms with Crippen LogP contribution in [-0.4, -0.2) is 44.1 Å². The molecule has 3 nitrogen and oxygen atoms in total. The average molecular weight is 420 g/mol. The van der Waals surface area contributed by atoms with Gasteiger partial charge in [0, 0.05) is 18.5 Å². The molecular formula is C27H51N2O+. The van der Waals surface area contributed by atoms with Crippen LogP contribution in [0.25, 0.3) is 0 Å². The molecule has 1 N–H and O–H groups in total. The Kier molecular flexibility index (Phi) is 18.7. The number of quaternary nitrogens is 1. The number of nitrogens with one attached hydrogen (secondary N) is 1. The van der Waals surface area contributed by atoms with Crippen LogP contribution in [0.5, 0.6) is 0 Å². The van der Waals surface area contributed by atoms with Crippen LogP contribution in [0.15, 0.2) is 37.0 Å². The second kappa shape index (κ2) is 19.6. The molecule has 3 heteroatoms. The predicted octanol–water partition coefficient (Wildman–Crippen LogP) is 6.96. The van der Waals surface area contributed by atoms with Crippen LogP contribution in [0.4, 0.5) is 0 Å². The Bertz CT molecular complexity index is 479. The van der Waals surface area contributed by atoms with Crippen molar-refractivity contribution in [2.45, 2.75) is 96.8 Å².